The molecule has 0 saturated carbocycles. The molecule has 0 spiro atoms. The third kappa shape index (κ3) is 4.57. The standard InChI is InChI=1S/C22H20N6O5S/c1-14(2)27-21-15(12-24-27)10-16(13-23-21)25-22(29)19-8-3-4-9-20(19)26-34(32,33)18-7-5-6-17(11-18)28(30)31/h3-14,26H,1-2H3,(H,25,29). The first-order valence-corrected chi connectivity index (χ1v) is 11.6. The number of anilines is 2. The summed E-state index contributed by atoms with van der Waals surface area (Å²) in [6.45, 7) is 3.96. The van der Waals surface area contributed by atoms with Gasteiger partial charge in [0.2, 0.25) is 0 Å². The minimum absolute atomic E-state index is 0.0215. The van der Waals surface area contributed by atoms with E-state index < -0.39 is 20.9 Å². The number of non-ortho nitro benzene ring substituents is 1. The number of aromatic nitrogens is 3. The molecule has 174 valence electrons. The molecule has 34 heavy (non-hydrogen) atoms. The highest BCUT2D eigenvalue weighted by Crippen LogP contribution is 2.24. The lowest BCUT2D eigenvalue weighted by atomic mass is 10.1. The van der Waals surface area contributed by atoms with E-state index in [2.05, 4.69) is 20.1 Å². The number of nitro benzene ring substituents is 1. The molecule has 4 aromatic rings. The number of nitrogens with one attached hydrogen (secondary N) is 2. The van der Waals surface area contributed by atoms with Crippen molar-refractivity contribution in [1.82, 2.24) is 14.8 Å². The van der Waals surface area contributed by atoms with E-state index in [4.69, 9.17) is 0 Å². The van der Waals surface area contributed by atoms with Crippen LogP contribution in [0.25, 0.3) is 11.0 Å². The van der Waals surface area contributed by atoms with Crippen LogP contribution in [-0.4, -0.2) is 34.0 Å². The molecular weight excluding hydrogens is 460 g/mol. The Morgan fingerprint density at radius 2 is 1.85 bits per heavy atom. The van der Waals surface area contributed by atoms with Crippen LogP contribution in [0.4, 0.5) is 17.1 Å². The molecule has 2 aromatic heterocycles. The topological polar surface area (TPSA) is 149 Å². The molecule has 2 aromatic carbocycles. The molecule has 0 fully saturated rings. The number of benzene rings is 2. The fraction of sp³-hybridized carbons (Fsp3) is 0.136. The van der Waals surface area contributed by atoms with Gasteiger partial charge >= 0.3 is 0 Å². The molecule has 0 unspecified atom stereocenters. The molecule has 2 heterocycles. The molecule has 0 aliphatic carbocycles. The van der Waals surface area contributed by atoms with E-state index >= 15 is 0 Å². The van der Waals surface area contributed by atoms with E-state index in [1.54, 1.807) is 29.1 Å². The van der Waals surface area contributed by atoms with E-state index in [0.717, 1.165) is 11.5 Å². The first kappa shape index (κ1) is 22.9. The van der Waals surface area contributed by atoms with Crippen molar-refractivity contribution in [3.8, 4) is 0 Å². The average molecular weight is 481 g/mol. The molecule has 2 N–H and O–H groups in total. The third-order valence-electron chi connectivity index (χ3n) is 4.94. The summed E-state index contributed by atoms with van der Waals surface area (Å²) >= 11 is 0. The van der Waals surface area contributed by atoms with E-state index in [1.807, 2.05) is 13.8 Å². The third-order valence-corrected chi connectivity index (χ3v) is 6.30. The van der Waals surface area contributed by atoms with Crippen molar-refractivity contribution in [2.75, 3.05) is 10.0 Å². The number of nitro groups is 1. The second kappa shape index (κ2) is 8.90. The number of sulfonamides is 1. The highest BCUT2D eigenvalue weighted by Gasteiger charge is 2.21. The second-order valence-electron chi connectivity index (χ2n) is 7.68. The Balaban J connectivity index is 1.60. The number of carbonyl (C=O) groups excluding carboxylic acids is 1. The van der Waals surface area contributed by atoms with Crippen LogP contribution in [0.2, 0.25) is 0 Å². The van der Waals surface area contributed by atoms with Crippen molar-refractivity contribution in [3.63, 3.8) is 0 Å². The van der Waals surface area contributed by atoms with E-state index in [-0.39, 0.29) is 27.9 Å². The molecule has 0 saturated heterocycles. The molecule has 0 aliphatic heterocycles. The SMILES string of the molecule is CC(C)n1ncc2cc(NC(=O)c3ccccc3NS(=O)(=O)c3cccc([N+](=O)[O-])c3)cnc21. The van der Waals surface area contributed by atoms with Gasteiger partial charge in [0, 0.05) is 23.6 Å². The maximum Gasteiger partial charge on any atom is 0.270 e. The monoisotopic (exact) mass is 480 g/mol. The fourth-order valence-electron chi connectivity index (χ4n) is 3.32. The van der Waals surface area contributed by atoms with Crippen molar-refractivity contribution in [2.24, 2.45) is 0 Å². The summed E-state index contributed by atoms with van der Waals surface area (Å²) in [7, 11) is -4.19. The lowest BCUT2D eigenvalue weighted by molar-refractivity contribution is -0.385. The van der Waals surface area contributed by atoms with Crippen molar-refractivity contribution < 1.29 is 18.1 Å². The Hall–Kier alpha value is -4.32. The van der Waals surface area contributed by atoms with Gasteiger partial charge in [-0.1, -0.05) is 18.2 Å². The summed E-state index contributed by atoms with van der Waals surface area (Å²) < 4.78 is 29.8. The zero-order valence-electron chi connectivity index (χ0n) is 18.2. The van der Waals surface area contributed by atoms with Crippen LogP contribution in [0.5, 0.6) is 0 Å². The minimum Gasteiger partial charge on any atom is -0.321 e. The zero-order chi connectivity index (χ0) is 24.5. The average Bonchev–Trinajstić information content (AvgIpc) is 3.23. The van der Waals surface area contributed by atoms with Crippen LogP contribution in [0.15, 0.2) is 71.9 Å². The Kier molecular flexibility index (Phi) is 5.99. The molecule has 1 amide bonds. The number of fused-ring (bicyclic) bond motifs is 1. The molecule has 0 radical (unpaired) electrons. The number of pyridine rings is 1. The van der Waals surface area contributed by atoms with Crippen molar-refractivity contribution in [1.29, 1.82) is 0 Å². The number of rotatable bonds is 7. The van der Waals surface area contributed by atoms with Gasteiger partial charge in [-0.15, -0.1) is 0 Å². The molecule has 0 bridgehead atoms. The molecular formula is C22H20N6O5S. The number of hydrogen-bond donors (Lipinski definition) is 2. The van der Waals surface area contributed by atoms with Crippen molar-refractivity contribution >= 4 is 44.0 Å². The van der Waals surface area contributed by atoms with Crippen LogP contribution in [-0.2, 0) is 10.0 Å². The summed E-state index contributed by atoms with van der Waals surface area (Å²) in [5.74, 6) is -0.560. The summed E-state index contributed by atoms with van der Waals surface area (Å²) in [6.07, 6.45) is 3.15. The molecule has 4 rings (SSSR count). The van der Waals surface area contributed by atoms with Gasteiger partial charge in [-0.25, -0.2) is 18.1 Å². The van der Waals surface area contributed by atoms with E-state index in [0.29, 0.717) is 11.3 Å². The highest BCUT2D eigenvalue weighted by molar-refractivity contribution is 7.92. The minimum atomic E-state index is -4.19. The maximum absolute atomic E-state index is 13.0. The van der Waals surface area contributed by atoms with E-state index in [9.17, 15) is 23.3 Å². The lowest BCUT2D eigenvalue weighted by Crippen LogP contribution is -2.18. The predicted molar refractivity (Wildman–Crippen MR) is 126 cm³/mol. The maximum atomic E-state index is 13.0. The number of carbonyl (C=O) groups is 1. The van der Waals surface area contributed by atoms with E-state index in [1.165, 1.54) is 36.5 Å². The van der Waals surface area contributed by atoms with Crippen LogP contribution >= 0.6 is 0 Å². The zero-order valence-corrected chi connectivity index (χ0v) is 19.0. The van der Waals surface area contributed by atoms with Gasteiger partial charge in [0.05, 0.1) is 39.2 Å². The van der Waals surface area contributed by atoms with Gasteiger partial charge in [0.1, 0.15) is 0 Å². The van der Waals surface area contributed by atoms with Gasteiger partial charge in [0.25, 0.3) is 21.6 Å². The molecule has 12 heteroatoms. The van der Waals surface area contributed by atoms with Crippen LogP contribution < -0.4 is 10.0 Å². The Bertz CT molecular complexity index is 1510. The first-order valence-electron chi connectivity index (χ1n) is 10.2. The van der Waals surface area contributed by atoms with Crippen molar-refractivity contribution in [3.05, 3.63) is 82.7 Å². The van der Waals surface area contributed by atoms with Gasteiger partial charge in [-0.3, -0.25) is 19.6 Å². The lowest BCUT2D eigenvalue weighted by Gasteiger charge is -2.13. The molecule has 0 aliphatic rings. The van der Waals surface area contributed by atoms with Crippen molar-refractivity contribution in [2.45, 2.75) is 24.8 Å². The Morgan fingerprint density at radius 1 is 1.09 bits per heavy atom. The fourth-order valence-corrected chi connectivity index (χ4v) is 4.44. The normalized spacial score (nSPS) is 11.5. The Morgan fingerprint density at radius 3 is 2.59 bits per heavy atom. The summed E-state index contributed by atoms with van der Waals surface area (Å²) in [5, 5.41) is 18.8. The first-order chi connectivity index (χ1) is 16.2. The van der Waals surface area contributed by atoms with Gasteiger partial charge in [-0.2, -0.15) is 5.10 Å². The Labute approximate surface area is 194 Å². The number of para-hydroxylation sites is 1. The van der Waals surface area contributed by atoms with Crippen LogP contribution in [0.1, 0.15) is 30.2 Å². The number of amides is 1. The largest absolute Gasteiger partial charge is 0.321 e. The van der Waals surface area contributed by atoms with Crippen LogP contribution in [0, 0.1) is 10.1 Å². The van der Waals surface area contributed by atoms with Crippen LogP contribution in [0.3, 0.4) is 0 Å². The smallest absolute Gasteiger partial charge is 0.270 e. The second-order valence-corrected chi connectivity index (χ2v) is 9.36. The highest BCUT2D eigenvalue weighted by atomic mass is 32.2. The quantitative estimate of drug-likeness (QED) is 0.300. The molecule has 0 atom stereocenters. The number of nitrogens with zero attached hydrogens (tertiary/aromatic N) is 4. The number of hydrogen-bond acceptors (Lipinski definition) is 7. The predicted octanol–water partition coefficient (Wildman–Crippen LogP) is 3.97. The summed E-state index contributed by atoms with van der Waals surface area (Å²) in [4.78, 5) is 27.4. The van der Waals surface area contributed by atoms with Gasteiger partial charge < -0.3 is 5.32 Å². The molecule has 11 nitrogen and oxygen atoms in total. The summed E-state index contributed by atoms with van der Waals surface area (Å²) in [5.41, 5.74) is 0.815. The van der Waals surface area contributed by atoms with Gasteiger partial charge in [-0.05, 0) is 38.1 Å². The summed E-state index contributed by atoms with van der Waals surface area (Å²) in [6, 6.07) is 12.5. The van der Waals surface area contributed by atoms with Gasteiger partial charge in [0.15, 0.2) is 5.65 Å².